The Kier molecular flexibility index (Phi) is 8.20. The normalized spacial score (nSPS) is 16.8. The van der Waals surface area contributed by atoms with Gasteiger partial charge in [-0.05, 0) is 85.4 Å². The third-order valence-electron chi connectivity index (χ3n) is 7.73. The number of carbonyl (C=O) groups is 2. The van der Waals surface area contributed by atoms with Gasteiger partial charge in [0.2, 0.25) is 5.91 Å². The van der Waals surface area contributed by atoms with Crippen LogP contribution < -0.4 is 16.4 Å². The highest BCUT2D eigenvalue weighted by atomic mass is 16.2. The van der Waals surface area contributed by atoms with Gasteiger partial charge in [-0.3, -0.25) is 20.0 Å². The average Bonchev–Trinajstić information content (AvgIpc) is 2.96. The van der Waals surface area contributed by atoms with E-state index in [2.05, 4.69) is 47.0 Å². The third kappa shape index (κ3) is 6.54. The van der Waals surface area contributed by atoms with Crippen LogP contribution >= 0.6 is 0 Å². The molecule has 1 aromatic heterocycles. The molecule has 1 saturated carbocycles. The Morgan fingerprint density at radius 2 is 1.62 bits per heavy atom. The molecule has 4 aromatic rings. The Balaban J connectivity index is 1.25. The summed E-state index contributed by atoms with van der Waals surface area (Å²) in [4.78, 5) is 29.9. The number of nitrogens with one attached hydrogen (secondary N) is 3. The zero-order chi connectivity index (χ0) is 28.1. The molecule has 1 fully saturated rings. The molecule has 40 heavy (non-hydrogen) atoms. The smallest absolute Gasteiger partial charge is 0.256 e. The largest absolute Gasteiger partial charge is 0.386 e. The molecule has 0 atom stereocenters. The van der Waals surface area contributed by atoms with Gasteiger partial charge in [0.15, 0.2) is 0 Å². The number of hydrogen-bond donors (Lipinski definition) is 4. The molecule has 1 aliphatic rings. The van der Waals surface area contributed by atoms with E-state index in [0.717, 1.165) is 59.1 Å². The zero-order valence-electron chi connectivity index (χ0n) is 22.7. The maximum atomic E-state index is 13.1. The van der Waals surface area contributed by atoms with Gasteiger partial charge < -0.3 is 16.4 Å². The number of carbonyl (C=O) groups excluding carboxylic acids is 2. The van der Waals surface area contributed by atoms with E-state index in [4.69, 9.17) is 16.1 Å². The molecule has 5 rings (SSSR count). The average molecular weight is 534 g/mol. The molecular formula is C33H35N5O2. The number of anilines is 1. The number of aryl methyl sites for hydroxylation is 1. The summed E-state index contributed by atoms with van der Waals surface area (Å²) in [6, 6.07) is 26.1. The Morgan fingerprint density at radius 1 is 0.925 bits per heavy atom. The van der Waals surface area contributed by atoms with Crippen molar-refractivity contribution in [2.24, 2.45) is 11.7 Å². The number of amidine groups is 1. The van der Waals surface area contributed by atoms with Gasteiger partial charge in [-0.25, -0.2) is 0 Å². The van der Waals surface area contributed by atoms with Crippen molar-refractivity contribution in [3.05, 3.63) is 95.7 Å². The SMILES string of the molecule is Cc1cc(C(=O)Nc2ccccc2)c2ccc(-c3ccc(C4CCC(CC(=O)NCC(=N)N)CC4)cc3)cc2n1. The standard InChI is InChI=1S/C33H35N5O2/c1-21-17-29(33(40)38-27-5-3-2-4-6-27)28-16-15-26(19-30(28)37-21)25-13-11-24(12-14-25)23-9-7-22(8-10-23)18-32(39)36-20-31(34)35/h2-6,11-17,19,22-23H,7-10,18,20H2,1H3,(H3,34,35)(H,36,39)(H,38,40). The van der Waals surface area contributed by atoms with E-state index in [1.54, 1.807) is 0 Å². The predicted octanol–water partition coefficient (Wildman–Crippen LogP) is 6.18. The van der Waals surface area contributed by atoms with E-state index >= 15 is 0 Å². The lowest BCUT2D eigenvalue weighted by molar-refractivity contribution is -0.122. The van der Waals surface area contributed by atoms with E-state index < -0.39 is 0 Å². The number of fused-ring (bicyclic) bond motifs is 1. The predicted molar refractivity (Wildman–Crippen MR) is 161 cm³/mol. The van der Waals surface area contributed by atoms with Crippen molar-refractivity contribution in [1.82, 2.24) is 10.3 Å². The molecule has 0 radical (unpaired) electrons. The number of nitrogens with two attached hydrogens (primary N) is 1. The molecule has 5 N–H and O–H groups in total. The Morgan fingerprint density at radius 3 is 2.33 bits per heavy atom. The van der Waals surface area contributed by atoms with E-state index in [9.17, 15) is 9.59 Å². The number of aromatic nitrogens is 1. The minimum atomic E-state index is -0.148. The van der Waals surface area contributed by atoms with E-state index in [0.29, 0.717) is 23.8 Å². The monoisotopic (exact) mass is 533 g/mol. The lowest BCUT2D eigenvalue weighted by Crippen LogP contribution is -2.34. The summed E-state index contributed by atoms with van der Waals surface area (Å²) < 4.78 is 0. The first-order valence-corrected chi connectivity index (χ1v) is 13.8. The van der Waals surface area contributed by atoms with Gasteiger partial charge in [0.25, 0.3) is 5.91 Å². The van der Waals surface area contributed by atoms with E-state index in [1.165, 1.54) is 5.56 Å². The van der Waals surface area contributed by atoms with Crippen LogP contribution in [0.5, 0.6) is 0 Å². The molecule has 0 aliphatic heterocycles. The van der Waals surface area contributed by atoms with Crippen LogP contribution in [-0.4, -0.2) is 29.2 Å². The third-order valence-corrected chi connectivity index (χ3v) is 7.73. The summed E-state index contributed by atoms with van der Waals surface area (Å²) in [5.74, 6) is 0.691. The molecule has 204 valence electrons. The Labute approximate surface area is 234 Å². The molecule has 0 bridgehead atoms. The fraction of sp³-hybridized carbons (Fsp3) is 0.273. The summed E-state index contributed by atoms with van der Waals surface area (Å²) in [5, 5.41) is 13.8. The first-order chi connectivity index (χ1) is 19.4. The van der Waals surface area contributed by atoms with Gasteiger partial charge in [0.05, 0.1) is 17.6 Å². The highest BCUT2D eigenvalue weighted by Crippen LogP contribution is 2.38. The van der Waals surface area contributed by atoms with Crippen LogP contribution in [0.1, 0.15) is 59.6 Å². The van der Waals surface area contributed by atoms with Crippen molar-refractivity contribution in [2.45, 2.75) is 44.9 Å². The van der Waals surface area contributed by atoms with Crippen LogP contribution in [0.15, 0.2) is 78.9 Å². The number of amides is 2. The van der Waals surface area contributed by atoms with Gasteiger partial charge in [0.1, 0.15) is 5.84 Å². The highest BCUT2D eigenvalue weighted by molar-refractivity contribution is 6.12. The lowest BCUT2D eigenvalue weighted by atomic mass is 9.77. The van der Waals surface area contributed by atoms with Crippen molar-refractivity contribution in [2.75, 3.05) is 11.9 Å². The minimum absolute atomic E-state index is 0.0213. The summed E-state index contributed by atoms with van der Waals surface area (Å²) >= 11 is 0. The van der Waals surface area contributed by atoms with E-state index in [-0.39, 0.29) is 24.2 Å². The summed E-state index contributed by atoms with van der Waals surface area (Å²) in [7, 11) is 0. The van der Waals surface area contributed by atoms with Crippen molar-refractivity contribution >= 4 is 34.2 Å². The van der Waals surface area contributed by atoms with Gasteiger partial charge in [0, 0.05) is 23.2 Å². The second-order valence-electron chi connectivity index (χ2n) is 10.7. The summed E-state index contributed by atoms with van der Waals surface area (Å²) in [5.41, 5.74) is 11.8. The maximum absolute atomic E-state index is 13.1. The zero-order valence-corrected chi connectivity index (χ0v) is 22.7. The van der Waals surface area contributed by atoms with Crippen LogP contribution in [0.25, 0.3) is 22.0 Å². The second kappa shape index (κ2) is 12.1. The fourth-order valence-corrected chi connectivity index (χ4v) is 5.62. The molecule has 0 saturated heterocycles. The first kappa shape index (κ1) is 27.1. The topological polar surface area (TPSA) is 121 Å². The molecule has 7 heteroatoms. The maximum Gasteiger partial charge on any atom is 0.256 e. The van der Waals surface area contributed by atoms with Crippen LogP contribution in [-0.2, 0) is 4.79 Å². The summed E-state index contributed by atoms with van der Waals surface area (Å²) in [6.45, 7) is 2.03. The van der Waals surface area contributed by atoms with Crippen molar-refractivity contribution in [3.63, 3.8) is 0 Å². The number of para-hydroxylation sites is 1. The fourth-order valence-electron chi connectivity index (χ4n) is 5.62. The molecular weight excluding hydrogens is 498 g/mol. The minimum Gasteiger partial charge on any atom is -0.386 e. The number of nitrogens with zero attached hydrogens (tertiary/aromatic N) is 1. The van der Waals surface area contributed by atoms with Crippen LogP contribution in [0, 0.1) is 18.3 Å². The lowest BCUT2D eigenvalue weighted by Gasteiger charge is -2.28. The van der Waals surface area contributed by atoms with Crippen LogP contribution in [0.4, 0.5) is 5.69 Å². The van der Waals surface area contributed by atoms with Gasteiger partial charge in [-0.1, -0.05) is 54.6 Å². The second-order valence-corrected chi connectivity index (χ2v) is 10.7. The molecule has 0 spiro atoms. The van der Waals surface area contributed by atoms with Crippen molar-refractivity contribution in [3.8, 4) is 11.1 Å². The first-order valence-electron chi connectivity index (χ1n) is 13.8. The van der Waals surface area contributed by atoms with Crippen molar-refractivity contribution in [1.29, 1.82) is 5.41 Å². The molecule has 1 aliphatic carbocycles. The van der Waals surface area contributed by atoms with Crippen LogP contribution in [0.2, 0.25) is 0 Å². The molecule has 7 nitrogen and oxygen atoms in total. The number of rotatable bonds is 8. The van der Waals surface area contributed by atoms with E-state index in [1.807, 2.05) is 49.4 Å². The van der Waals surface area contributed by atoms with Gasteiger partial charge in [-0.15, -0.1) is 0 Å². The highest BCUT2D eigenvalue weighted by Gasteiger charge is 2.24. The van der Waals surface area contributed by atoms with Crippen LogP contribution in [0.3, 0.4) is 0 Å². The Hall–Kier alpha value is -4.52. The van der Waals surface area contributed by atoms with Gasteiger partial charge >= 0.3 is 0 Å². The number of benzene rings is 3. The van der Waals surface area contributed by atoms with Gasteiger partial charge in [-0.2, -0.15) is 0 Å². The Bertz CT molecular complexity index is 1520. The molecule has 2 amide bonds. The summed E-state index contributed by atoms with van der Waals surface area (Å²) in [6.07, 6.45) is 4.68. The molecule has 1 heterocycles. The number of hydrogen-bond acceptors (Lipinski definition) is 4. The van der Waals surface area contributed by atoms with Crippen molar-refractivity contribution < 1.29 is 9.59 Å². The quantitative estimate of drug-likeness (QED) is 0.160. The molecule has 3 aromatic carbocycles. The number of pyridine rings is 1. The molecule has 0 unspecified atom stereocenters.